The predicted molar refractivity (Wildman–Crippen MR) is 111 cm³/mol. The highest BCUT2D eigenvalue weighted by Gasteiger charge is 2.47. The molecule has 10 nitrogen and oxygen atoms in total. The molecule has 0 spiro atoms. The highest BCUT2D eigenvalue weighted by atomic mass is 32.2. The average molecular weight is 453 g/mol. The molecule has 0 bridgehead atoms. The fraction of sp³-hybridized carbons (Fsp3) is 0.421. The van der Waals surface area contributed by atoms with E-state index in [0.29, 0.717) is 6.42 Å². The minimum atomic E-state index is -4.49. The van der Waals surface area contributed by atoms with Crippen molar-refractivity contribution in [2.45, 2.75) is 31.3 Å². The van der Waals surface area contributed by atoms with Gasteiger partial charge in [0.25, 0.3) is 0 Å². The van der Waals surface area contributed by atoms with Crippen molar-refractivity contribution >= 4 is 35.1 Å². The van der Waals surface area contributed by atoms with E-state index in [-0.39, 0.29) is 24.4 Å². The van der Waals surface area contributed by atoms with Crippen LogP contribution in [-0.4, -0.2) is 68.7 Å². The Morgan fingerprint density at radius 2 is 1.81 bits per heavy atom. The molecule has 1 heterocycles. The first-order chi connectivity index (χ1) is 14.6. The molecule has 168 valence electrons. The van der Waals surface area contributed by atoms with Gasteiger partial charge in [0.15, 0.2) is 5.15 Å². The van der Waals surface area contributed by atoms with Gasteiger partial charge in [0.05, 0.1) is 18.7 Å². The summed E-state index contributed by atoms with van der Waals surface area (Å²) in [7, 11) is -4.69. The predicted octanol–water partition coefficient (Wildman–Crippen LogP) is 1.27. The summed E-state index contributed by atoms with van der Waals surface area (Å²) < 4.78 is 41.3. The van der Waals surface area contributed by atoms with Crippen molar-refractivity contribution in [3.8, 4) is 5.75 Å². The van der Waals surface area contributed by atoms with Gasteiger partial charge in [-0.3, -0.25) is 14.5 Å². The Morgan fingerprint density at radius 3 is 2.32 bits per heavy atom. The van der Waals surface area contributed by atoms with Crippen molar-refractivity contribution in [3.05, 3.63) is 42.0 Å². The molecular weight excluding hydrogens is 429 g/mol. The number of carboxylic acids is 1. The van der Waals surface area contributed by atoms with Crippen LogP contribution >= 0.6 is 0 Å². The topological polar surface area (TPSA) is 137 Å². The number of benzene rings is 1. The van der Waals surface area contributed by atoms with Crippen molar-refractivity contribution in [1.29, 1.82) is 0 Å². The summed E-state index contributed by atoms with van der Waals surface area (Å²) in [6, 6.07) is 4.74. The molecule has 1 aliphatic rings. The van der Waals surface area contributed by atoms with Crippen molar-refractivity contribution in [1.82, 2.24) is 4.90 Å². The number of rotatable bonds is 9. The van der Waals surface area contributed by atoms with E-state index in [9.17, 15) is 22.8 Å². The number of allylic oxidation sites excluding steroid dienone is 1. The number of unbranched alkanes of at least 4 members (excludes halogenated alkanes) is 2. The van der Waals surface area contributed by atoms with Crippen molar-refractivity contribution in [2.75, 3.05) is 20.1 Å². The van der Waals surface area contributed by atoms with Gasteiger partial charge in [-0.15, -0.1) is 0 Å². The van der Waals surface area contributed by atoms with E-state index in [4.69, 9.17) is 18.6 Å². The maximum Gasteiger partial charge on any atom is 0.625 e. The first-order valence-electron chi connectivity index (χ1n) is 9.63. The molecule has 0 aromatic heterocycles. The first-order valence-corrected chi connectivity index (χ1v) is 11.1. The lowest BCUT2D eigenvalue weighted by atomic mass is 9.83. The fourth-order valence-electron chi connectivity index (χ4n) is 2.71. The highest BCUT2D eigenvalue weighted by Crippen LogP contribution is 2.20. The summed E-state index contributed by atoms with van der Waals surface area (Å²) in [6.45, 7) is 1.55. The van der Waals surface area contributed by atoms with Crippen LogP contribution in [0.1, 0.15) is 36.5 Å². The van der Waals surface area contributed by atoms with E-state index >= 15 is 0 Å². The van der Waals surface area contributed by atoms with Gasteiger partial charge < -0.3 is 18.6 Å². The van der Waals surface area contributed by atoms with Crippen LogP contribution in [0.4, 0.5) is 0 Å². The lowest BCUT2D eigenvalue weighted by Crippen LogP contribution is -2.50. The number of nitrogens with zero attached hydrogens (tertiary/aromatic N) is 1. The van der Waals surface area contributed by atoms with E-state index in [0.717, 1.165) is 12.8 Å². The van der Waals surface area contributed by atoms with Gasteiger partial charge in [-0.25, -0.2) is 4.79 Å². The van der Waals surface area contributed by atoms with Crippen LogP contribution < -0.4 is 4.18 Å². The summed E-state index contributed by atoms with van der Waals surface area (Å²) in [5.74, 6) is -2.83. The van der Waals surface area contributed by atoms with Gasteiger partial charge in [0, 0.05) is 0 Å². The molecule has 12 heteroatoms. The zero-order chi connectivity index (χ0) is 23.0. The smallest absolute Gasteiger partial charge is 0.497 e. The van der Waals surface area contributed by atoms with Crippen LogP contribution in [0.25, 0.3) is 0 Å². The molecule has 0 aliphatic carbocycles. The van der Waals surface area contributed by atoms with Crippen LogP contribution in [-0.2, 0) is 29.0 Å². The summed E-state index contributed by atoms with van der Waals surface area (Å²) in [4.78, 5) is 36.5. The van der Waals surface area contributed by atoms with Gasteiger partial charge in [0.2, 0.25) is 0 Å². The molecule has 1 aromatic rings. The number of aromatic carboxylic acids is 1. The maximum absolute atomic E-state index is 13.0. The number of carbonyl (C=O) groups is 3. The number of likely N-dealkylation sites (N-methyl/N-ethyl adjacent to an activating group) is 1. The van der Waals surface area contributed by atoms with Gasteiger partial charge in [-0.2, -0.15) is 8.42 Å². The first kappa shape index (κ1) is 24.4. The molecule has 1 N–H and O–H groups in total. The highest BCUT2D eigenvalue weighted by molar-refractivity contribution is 7.89. The van der Waals surface area contributed by atoms with Crippen LogP contribution in [0.2, 0.25) is 0 Å². The third-order valence-corrected chi connectivity index (χ3v) is 5.73. The van der Waals surface area contributed by atoms with E-state index in [1.165, 1.54) is 42.3 Å². The molecule has 1 aliphatic heterocycles. The summed E-state index contributed by atoms with van der Waals surface area (Å²) in [6.07, 6.45) is 5.11. The van der Waals surface area contributed by atoms with Crippen LogP contribution in [0.3, 0.4) is 0 Å². The molecule has 1 saturated heterocycles. The summed E-state index contributed by atoms with van der Waals surface area (Å²) in [5.41, 5.74) is -0.0484. The van der Waals surface area contributed by atoms with Gasteiger partial charge >= 0.3 is 35.1 Å². The van der Waals surface area contributed by atoms with E-state index in [2.05, 4.69) is 0 Å². The number of carboxylic acid groups (broad SMARTS) is 1. The van der Waals surface area contributed by atoms with E-state index in [1.807, 2.05) is 6.92 Å². The molecule has 2 rings (SSSR count). The fourth-order valence-corrected chi connectivity index (χ4v) is 3.88. The second-order valence-corrected chi connectivity index (χ2v) is 8.66. The second-order valence-electron chi connectivity index (χ2n) is 6.96. The molecule has 0 amide bonds. The number of carbonyl (C=O) groups excluding carboxylic acids is 2. The lowest BCUT2D eigenvalue weighted by Gasteiger charge is -2.25. The third-order valence-electron chi connectivity index (χ3n) is 4.26. The molecule has 1 atom stereocenters. The van der Waals surface area contributed by atoms with Gasteiger partial charge in [0.1, 0.15) is 5.75 Å². The number of hydrogen-bond acceptors (Lipinski definition) is 9. The Balaban J connectivity index is 2.31. The second kappa shape index (κ2) is 11.0. The van der Waals surface area contributed by atoms with Crippen LogP contribution in [0, 0.1) is 0 Å². The molecule has 1 unspecified atom stereocenters. The quantitative estimate of drug-likeness (QED) is 0.252. The van der Waals surface area contributed by atoms with Crippen LogP contribution in [0.5, 0.6) is 5.75 Å². The average Bonchev–Trinajstić information content (AvgIpc) is 2.66. The zero-order valence-corrected chi connectivity index (χ0v) is 18.0. The molecule has 31 heavy (non-hydrogen) atoms. The zero-order valence-electron chi connectivity index (χ0n) is 17.2. The normalized spacial score (nSPS) is 16.9. The lowest BCUT2D eigenvalue weighted by molar-refractivity contribution is -0.145. The van der Waals surface area contributed by atoms with Crippen molar-refractivity contribution in [3.63, 3.8) is 0 Å². The molecular formula is C19H24BNO9S. The largest absolute Gasteiger partial charge is 0.625 e. The SMILES string of the molecule is CCCCC=CC(B1OC(=O)CN(C)CC(=O)O1)S(=O)(=O)Oc1ccc(C(=O)O)cc1. The Bertz CT molecular complexity index is 910. The molecule has 0 radical (unpaired) electrons. The monoisotopic (exact) mass is 453 g/mol. The third kappa shape index (κ3) is 7.40. The molecule has 1 fully saturated rings. The van der Waals surface area contributed by atoms with Gasteiger partial charge in [-0.05, 0) is 37.7 Å². The Labute approximate surface area is 181 Å². The molecule has 0 saturated carbocycles. The summed E-state index contributed by atoms with van der Waals surface area (Å²) >= 11 is 0. The maximum atomic E-state index is 13.0. The minimum absolute atomic E-state index is 0.0484. The van der Waals surface area contributed by atoms with Crippen molar-refractivity contribution in [2.24, 2.45) is 0 Å². The van der Waals surface area contributed by atoms with Crippen LogP contribution in [0.15, 0.2) is 36.4 Å². The Morgan fingerprint density at radius 1 is 1.23 bits per heavy atom. The number of hydrogen-bond donors (Lipinski definition) is 1. The Kier molecular flexibility index (Phi) is 8.63. The van der Waals surface area contributed by atoms with E-state index in [1.54, 1.807) is 6.08 Å². The van der Waals surface area contributed by atoms with Crippen molar-refractivity contribution < 1.29 is 41.4 Å². The summed E-state index contributed by atoms with van der Waals surface area (Å²) in [5, 5.41) is 7.35. The van der Waals surface area contributed by atoms with Gasteiger partial charge in [-0.1, -0.05) is 31.9 Å². The standard InChI is InChI=1S/C19H24BNO9S/c1-3-4-5-6-7-16(20-28-17(22)12-21(2)13-18(23)29-20)31(26,27)30-15-10-8-14(9-11-15)19(24)25/h6-11,16H,3-5,12-13H2,1-2H3,(H,24,25). The molecule has 1 aromatic carbocycles. The Hall–Kier alpha value is -2.86. The van der Waals surface area contributed by atoms with E-state index < -0.39 is 40.3 Å². The minimum Gasteiger partial charge on any atom is -0.497 e.